The van der Waals surface area contributed by atoms with Crippen molar-refractivity contribution in [3.8, 4) is 0 Å². The molecule has 1 heterocycles. The summed E-state index contributed by atoms with van der Waals surface area (Å²) in [6, 6.07) is 0. The van der Waals surface area contributed by atoms with E-state index in [-0.39, 0.29) is 0 Å². The van der Waals surface area contributed by atoms with Crippen LogP contribution < -0.4 is 0 Å². The smallest absolute Gasteiger partial charge is 0.111 e. The highest BCUT2D eigenvalue weighted by molar-refractivity contribution is 7.68. The van der Waals surface area contributed by atoms with Crippen LogP contribution in [-0.2, 0) is 4.57 Å². The van der Waals surface area contributed by atoms with E-state index in [2.05, 4.69) is 20.8 Å². The van der Waals surface area contributed by atoms with E-state index in [4.69, 9.17) is 0 Å². The SMILES string of the molecule is CC1=CP(=O)(C(C)C)CC1. The molecular formula is C8H15OP. The molecular weight excluding hydrogens is 143 g/mol. The minimum Gasteiger partial charge on any atom is -0.319 e. The molecule has 0 amide bonds. The number of allylic oxidation sites excluding steroid dienone is 1. The maximum absolute atomic E-state index is 11.8. The predicted octanol–water partition coefficient (Wildman–Crippen LogP) is 3.07. The molecule has 2 heteroatoms. The van der Waals surface area contributed by atoms with Crippen molar-refractivity contribution >= 4 is 7.14 Å². The van der Waals surface area contributed by atoms with Crippen molar-refractivity contribution in [1.29, 1.82) is 0 Å². The Hall–Kier alpha value is -0.0300. The molecule has 0 spiro atoms. The molecule has 0 radical (unpaired) electrons. The summed E-state index contributed by atoms with van der Waals surface area (Å²) in [5, 5.41) is 0. The first kappa shape index (κ1) is 8.07. The molecule has 1 atom stereocenters. The molecule has 1 nitrogen and oxygen atoms in total. The Morgan fingerprint density at radius 3 is 2.40 bits per heavy atom. The van der Waals surface area contributed by atoms with Gasteiger partial charge in [-0.2, -0.15) is 0 Å². The second-order valence-electron chi connectivity index (χ2n) is 3.40. The molecule has 0 saturated heterocycles. The Kier molecular flexibility index (Phi) is 2.05. The van der Waals surface area contributed by atoms with Crippen molar-refractivity contribution in [2.75, 3.05) is 6.16 Å². The highest BCUT2D eigenvalue weighted by Crippen LogP contribution is 2.57. The third-order valence-electron chi connectivity index (χ3n) is 2.17. The van der Waals surface area contributed by atoms with Gasteiger partial charge in [0.05, 0.1) is 0 Å². The van der Waals surface area contributed by atoms with E-state index in [0.717, 1.165) is 12.6 Å². The molecule has 1 rings (SSSR count). The van der Waals surface area contributed by atoms with Crippen LogP contribution in [0.4, 0.5) is 0 Å². The lowest BCUT2D eigenvalue weighted by molar-refractivity contribution is 0.576. The highest BCUT2D eigenvalue weighted by atomic mass is 31.2. The van der Waals surface area contributed by atoms with Crippen molar-refractivity contribution in [1.82, 2.24) is 0 Å². The van der Waals surface area contributed by atoms with Gasteiger partial charge >= 0.3 is 0 Å². The van der Waals surface area contributed by atoms with E-state index in [9.17, 15) is 4.57 Å². The third-order valence-corrected chi connectivity index (χ3v) is 5.72. The zero-order valence-corrected chi connectivity index (χ0v) is 7.82. The first-order valence-corrected chi connectivity index (χ1v) is 5.84. The van der Waals surface area contributed by atoms with Gasteiger partial charge in [0.25, 0.3) is 0 Å². The lowest BCUT2D eigenvalue weighted by Gasteiger charge is -2.12. The van der Waals surface area contributed by atoms with Gasteiger partial charge in [0.2, 0.25) is 0 Å². The lowest BCUT2D eigenvalue weighted by atomic mass is 10.3. The van der Waals surface area contributed by atoms with Gasteiger partial charge in [-0.15, -0.1) is 0 Å². The van der Waals surface area contributed by atoms with Crippen molar-refractivity contribution in [2.45, 2.75) is 32.9 Å². The van der Waals surface area contributed by atoms with Crippen molar-refractivity contribution < 1.29 is 4.57 Å². The van der Waals surface area contributed by atoms with Crippen LogP contribution >= 0.6 is 7.14 Å². The van der Waals surface area contributed by atoms with Gasteiger partial charge in [-0.05, 0) is 19.2 Å². The topological polar surface area (TPSA) is 17.1 Å². The van der Waals surface area contributed by atoms with Gasteiger partial charge in [-0.1, -0.05) is 19.4 Å². The monoisotopic (exact) mass is 158 g/mol. The van der Waals surface area contributed by atoms with Gasteiger partial charge < -0.3 is 4.57 Å². The molecule has 0 aliphatic carbocycles. The van der Waals surface area contributed by atoms with Crippen LogP contribution in [0.15, 0.2) is 11.4 Å². The average molecular weight is 158 g/mol. The van der Waals surface area contributed by atoms with E-state index in [1.54, 1.807) is 0 Å². The van der Waals surface area contributed by atoms with Crippen LogP contribution in [0.2, 0.25) is 0 Å². The van der Waals surface area contributed by atoms with Crippen LogP contribution in [0.3, 0.4) is 0 Å². The summed E-state index contributed by atoms with van der Waals surface area (Å²) in [5.41, 5.74) is 1.67. The van der Waals surface area contributed by atoms with E-state index in [1.807, 2.05) is 5.82 Å². The maximum Gasteiger partial charge on any atom is 0.111 e. The number of hydrogen-bond donors (Lipinski definition) is 0. The van der Waals surface area contributed by atoms with Gasteiger partial charge in [-0.25, -0.2) is 0 Å². The molecule has 0 saturated carbocycles. The Bertz CT molecular complexity index is 203. The fourth-order valence-electron chi connectivity index (χ4n) is 1.26. The van der Waals surface area contributed by atoms with E-state index < -0.39 is 7.14 Å². The van der Waals surface area contributed by atoms with Crippen molar-refractivity contribution in [3.05, 3.63) is 11.4 Å². The molecule has 1 unspecified atom stereocenters. The summed E-state index contributed by atoms with van der Waals surface area (Å²) in [4.78, 5) is 0. The normalized spacial score (nSPS) is 33.0. The van der Waals surface area contributed by atoms with E-state index in [1.165, 1.54) is 5.57 Å². The molecule has 10 heavy (non-hydrogen) atoms. The lowest BCUT2D eigenvalue weighted by Crippen LogP contribution is -1.95. The second kappa shape index (κ2) is 2.54. The molecule has 0 aromatic carbocycles. The molecule has 1 aliphatic heterocycles. The number of hydrogen-bond acceptors (Lipinski definition) is 1. The maximum atomic E-state index is 11.8. The van der Waals surface area contributed by atoms with Crippen LogP contribution in [0.5, 0.6) is 0 Å². The Labute approximate surface area is 62.9 Å². The first-order valence-electron chi connectivity index (χ1n) is 3.81. The fraction of sp³-hybridized carbons (Fsp3) is 0.750. The third kappa shape index (κ3) is 1.34. The first-order chi connectivity index (χ1) is 4.54. The molecule has 1 aliphatic rings. The number of rotatable bonds is 1. The molecule has 58 valence electrons. The summed E-state index contributed by atoms with van der Waals surface area (Å²) >= 11 is 0. The predicted molar refractivity (Wildman–Crippen MR) is 46.0 cm³/mol. The standard InChI is InChI=1S/C8H15OP/c1-7(2)10(9)5-4-8(3)6-10/h6-7H,4-5H2,1-3H3. The molecule has 0 aromatic heterocycles. The zero-order chi connectivity index (χ0) is 7.78. The van der Waals surface area contributed by atoms with Gasteiger partial charge in [0.1, 0.15) is 7.14 Å². The van der Waals surface area contributed by atoms with Crippen LogP contribution in [0, 0.1) is 0 Å². The van der Waals surface area contributed by atoms with Gasteiger partial charge in [-0.3, -0.25) is 0 Å². The summed E-state index contributed by atoms with van der Waals surface area (Å²) < 4.78 is 11.8. The van der Waals surface area contributed by atoms with E-state index in [0.29, 0.717) is 5.66 Å². The van der Waals surface area contributed by atoms with Crippen LogP contribution in [0.1, 0.15) is 27.2 Å². The summed E-state index contributed by atoms with van der Waals surface area (Å²) in [6.45, 7) is 6.17. The highest BCUT2D eigenvalue weighted by Gasteiger charge is 2.27. The summed E-state index contributed by atoms with van der Waals surface area (Å²) in [6.07, 6.45) is 1.96. The van der Waals surface area contributed by atoms with Gasteiger partial charge in [0.15, 0.2) is 0 Å². The second-order valence-corrected chi connectivity index (χ2v) is 6.84. The molecule has 0 fully saturated rings. The Morgan fingerprint density at radius 1 is 1.60 bits per heavy atom. The minimum absolute atomic E-state index is 0.352. The van der Waals surface area contributed by atoms with Crippen LogP contribution in [0.25, 0.3) is 0 Å². The minimum atomic E-state index is -1.86. The largest absolute Gasteiger partial charge is 0.319 e. The molecule has 0 bridgehead atoms. The van der Waals surface area contributed by atoms with E-state index >= 15 is 0 Å². The van der Waals surface area contributed by atoms with Crippen molar-refractivity contribution in [2.24, 2.45) is 0 Å². The summed E-state index contributed by atoms with van der Waals surface area (Å²) in [5.74, 6) is 2.01. The van der Waals surface area contributed by atoms with Gasteiger partial charge in [0, 0.05) is 11.8 Å². The quantitative estimate of drug-likeness (QED) is 0.536. The fourth-order valence-corrected chi connectivity index (χ4v) is 3.78. The molecule has 0 N–H and O–H groups in total. The Balaban J connectivity index is 2.83. The van der Waals surface area contributed by atoms with Crippen LogP contribution in [-0.4, -0.2) is 11.8 Å². The zero-order valence-electron chi connectivity index (χ0n) is 6.92. The van der Waals surface area contributed by atoms with Crippen molar-refractivity contribution in [3.63, 3.8) is 0 Å². The summed E-state index contributed by atoms with van der Waals surface area (Å²) in [7, 11) is -1.86. The Morgan fingerprint density at radius 2 is 2.20 bits per heavy atom. The average Bonchev–Trinajstić information content (AvgIpc) is 2.13. The molecule has 0 aromatic rings.